The van der Waals surface area contributed by atoms with E-state index in [-0.39, 0.29) is 6.42 Å². The van der Waals surface area contributed by atoms with Crippen molar-refractivity contribution in [2.24, 2.45) is 0 Å². The molecule has 0 bridgehead atoms. The summed E-state index contributed by atoms with van der Waals surface area (Å²) < 4.78 is 5.55. The number of para-hydroxylation sites is 1. The van der Waals surface area contributed by atoms with E-state index in [1.54, 1.807) is 18.2 Å². The van der Waals surface area contributed by atoms with Crippen molar-refractivity contribution in [2.45, 2.75) is 38.5 Å². The third-order valence-corrected chi connectivity index (χ3v) is 2.84. The van der Waals surface area contributed by atoms with Crippen LogP contribution in [0.5, 0.6) is 5.75 Å². The van der Waals surface area contributed by atoms with Gasteiger partial charge >= 0.3 is 5.97 Å². The minimum atomic E-state index is -0.728. The van der Waals surface area contributed by atoms with Crippen LogP contribution in [0.1, 0.15) is 48.9 Å². The maximum absolute atomic E-state index is 10.8. The van der Waals surface area contributed by atoms with Gasteiger partial charge in [-0.2, -0.15) is 0 Å². The lowest BCUT2D eigenvalue weighted by atomic mass is 10.1. The van der Waals surface area contributed by atoms with Gasteiger partial charge in [-0.25, -0.2) is 0 Å². The molecular weight excluding hydrogens is 244 g/mol. The minimum Gasteiger partial charge on any atom is -0.493 e. The number of aliphatic carboxylic acids is 1. The summed E-state index contributed by atoms with van der Waals surface area (Å²) >= 11 is 0. The molecule has 0 fully saturated rings. The number of aldehydes is 1. The van der Waals surface area contributed by atoms with E-state index in [0.717, 1.165) is 38.4 Å². The fourth-order valence-corrected chi connectivity index (χ4v) is 1.80. The van der Waals surface area contributed by atoms with Gasteiger partial charge in [-0.3, -0.25) is 9.59 Å². The van der Waals surface area contributed by atoms with E-state index < -0.39 is 5.97 Å². The fraction of sp³-hybridized carbons (Fsp3) is 0.467. The van der Waals surface area contributed by atoms with Crippen molar-refractivity contribution in [1.29, 1.82) is 0 Å². The molecule has 0 saturated heterocycles. The van der Waals surface area contributed by atoms with E-state index in [4.69, 9.17) is 9.84 Å². The van der Waals surface area contributed by atoms with Crippen LogP contribution >= 0.6 is 0 Å². The Labute approximate surface area is 113 Å². The SMILES string of the molecule is O=Cc1ccccc1OCCCCCCCC(=O)O. The number of rotatable bonds is 10. The molecule has 0 aromatic heterocycles. The lowest BCUT2D eigenvalue weighted by Crippen LogP contribution is -2.00. The first-order valence-corrected chi connectivity index (χ1v) is 6.63. The second-order valence-corrected chi connectivity index (χ2v) is 4.42. The maximum Gasteiger partial charge on any atom is 0.303 e. The third-order valence-electron chi connectivity index (χ3n) is 2.84. The molecule has 0 heterocycles. The molecule has 0 unspecified atom stereocenters. The molecule has 104 valence electrons. The van der Waals surface area contributed by atoms with Gasteiger partial charge in [0.2, 0.25) is 0 Å². The first-order valence-electron chi connectivity index (χ1n) is 6.63. The first-order chi connectivity index (χ1) is 9.24. The zero-order valence-corrected chi connectivity index (χ0v) is 11.0. The minimum absolute atomic E-state index is 0.253. The second kappa shape index (κ2) is 9.14. The zero-order chi connectivity index (χ0) is 13.9. The summed E-state index contributed by atoms with van der Waals surface area (Å²) in [5.74, 6) is -0.0998. The van der Waals surface area contributed by atoms with E-state index in [1.165, 1.54) is 0 Å². The molecule has 4 nitrogen and oxygen atoms in total. The van der Waals surface area contributed by atoms with Crippen LogP contribution in [0.3, 0.4) is 0 Å². The summed E-state index contributed by atoms with van der Waals surface area (Å²) in [5.41, 5.74) is 0.573. The largest absolute Gasteiger partial charge is 0.493 e. The number of hydrogen-bond acceptors (Lipinski definition) is 3. The topological polar surface area (TPSA) is 63.6 Å². The van der Waals surface area contributed by atoms with Crippen molar-refractivity contribution in [2.75, 3.05) is 6.61 Å². The number of carbonyl (C=O) groups is 2. The van der Waals surface area contributed by atoms with Crippen LogP contribution in [-0.4, -0.2) is 24.0 Å². The van der Waals surface area contributed by atoms with Gasteiger partial charge in [0.15, 0.2) is 6.29 Å². The summed E-state index contributed by atoms with van der Waals surface area (Å²) in [4.78, 5) is 21.1. The van der Waals surface area contributed by atoms with Crippen LogP contribution in [0.4, 0.5) is 0 Å². The van der Waals surface area contributed by atoms with Crippen LogP contribution < -0.4 is 4.74 Å². The van der Waals surface area contributed by atoms with E-state index in [9.17, 15) is 9.59 Å². The number of carbonyl (C=O) groups excluding carboxylic acids is 1. The number of ether oxygens (including phenoxy) is 1. The van der Waals surface area contributed by atoms with Crippen molar-refractivity contribution in [1.82, 2.24) is 0 Å². The van der Waals surface area contributed by atoms with Gasteiger partial charge in [-0.1, -0.05) is 31.4 Å². The summed E-state index contributed by atoms with van der Waals surface area (Å²) in [6.45, 7) is 0.587. The molecule has 0 amide bonds. The Kier molecular flexibility index (Phi) is 7.32. The molecule has 1 aromatic carbocycles. The smallest absolute Gasteiger partial charge is 0.303 e. The summed E-state index contributed by atoms with van der Waals surface area (Å²) in [7, 11) is 0. The van der Waals surface area contributed by atoms with Gasteiger partial charge in [-0.05, 0) is 25.0 Å². The number of hydrogen-bond donors (Lipinski definition) is 1. The van der Waals surface area contributed by atoms with E-state index in [1.807, 2.05) is 6.07 Å². The highest BCUT2D eigenvalue weighted by atomic mass is 16.5. The van der Waals surface area contributed by atoms with Crippen molar-refractivity contribution >= 4 is 12.3 Å². The van der Waals surface area contributed by atoms with Crippen LogP contribution in [0.15, 0.2) is 24.3 Å². The molecule has 1 N–H and O–H groups in total. The first kappa shape index (κ1) is 15.2. The average Bonchev–Trinajstić information content (AvgIpc) is 2.42. The standard InChI is InChI=1S/C15H20O4/c16-12-13-8-5-6-9-14(13)19-11-7-3-1-2-4-10-15(17)18/h5-6,8-9,12H,1-4,7,10-11H2,(H,17,18). The number of carboxylic acid groups (broad SMARTS) is 1. The Bertz CT molecular complexity index is 401. The van der Waals surface area contributed by atoms with E-state index in [0.29, 0.717) is 17.9 Å². The molecule has 19 heavy (non-hydrogen) atoms. The van der Waals surface area contributed by atoms with Crippen molar-refractivity contribution < 1.29 is 19.4 Å². The summed E-state index contributed by atoms with van der Waals surface area (Å²) in [6, 6.07) is 7.16. The van der Waals surface area contributed by atoms with Gasteiger partial charge in [-0.15, -0.1) is 0 Å². The molecule has 0 aliphatic rings. The van der Waals surface area contributed by atoms with E-state index in [2.05, 4.69) is 0 Å². The highest BCUT2D eigenvalue weighted by Crippen LogP contribution is 2.16. The van der Waals surface area contributed by atoms with Gasteiger partial charge < -0.3 is 9.84 Å². The molecule has 0 atom stereocenters. The predicted octanol–water partition coefficient (Wildman–Crippen LogP) is 3.30. The van der Waals surface area contributed by atoms with Crippen LogP contribution in [0.2, 0.25) is 0 Å². The Hall–Kier alpha value is -1.84. The van der Waals surface area contributed by atoms with Crippen molar-refractivity contribution in [3.8, 4) is 5.75 Å². The van der Waals surface area contributed by atoms with Crippen molar-refractivity contribution in [3.63, 3.8) is 0 Å². The highest BCUT2D eigenvalue weighted by Gasteiger charge is 2.01. The van der Waals surface area contributed by atoms with Crippen molar-refractivity contribution in [3.05, 3.63) is 29.8 Å². The van der Waals surface area contributed by atoms with Gasteiger partial charge in [0.1, 0.15) is 5.75 Å². The lowest BCUT2D eigenvalue weighted by molar-refractivity contribution is -0.137. The molecule has 0 spiro atoms. The molecular formula is C15H20O4. The quantitative estimate of drug-likeness (QED) is 0.520. The average molecular weight is 264 g/mol. The van der Waals surface area contributed by atoms with E-state index >= 15 is 0 Å². The third kappa shape index (κ3) is 6.60. The highest BCUT2D eigenvalue weighted by molar-refractivity contribution is 5.79. The summed E-state index contributed by atoms with van der Waals surface area (Å²) in [6.07, 6.45) is 5.68. The second-order valence-electron chi connectivity index (χ2n) is 4.42. The zero-order valence-electron chi connectivity index (χ0n) is 11.0. The van der Waals surface area contributed by atoms with Gasteiger partial charge in [0, 0.05) is 6.42 Å². The molecule has 1 aromatic rings. The normalized spacial score (nSPS) is 10.1. The van der Waals surface area contributed by atoms with Crippen LogP contribution in [0.25, 0.3) is 0 Å². The van der Waals surface area contributed by atoms with Crippen LogP contribution in [0, 0.1) is 0 Å². The Morgan fingerprint density at radius 3 is 2.53 bits per heavy atom. The Morgan fingerprint density at radius 2 is 1.79 bits per heavy atom. The van der Waals surface area contributed by atoms with Crippen LogP contribution in [-0.2, 0) is 4.79 Å². The maximum atomic E-state index is 10.8. The molecule has 0 saturated carbocycles. The number of benzene rings is 1. The lowest BCUT2D eigenvalue weighted by Gasteiger charge is -2.07. The molecule has 0 aliphatic carbocycles. The summed E-state index contributed by atoms with van der Waals surface area (Å²) in [5, 5.41) is 8.48. The van der Waals surface area contributed by atoms with Gasteiger partial charge in [0.05, 0.1) is 12.2 Å². The predicted molar refractivity (Wildman–Crippen MR) is 72.7 cm³/mol. The number of unbranched alkanes of at least 4 members (excludes halogenated alkanes) is 4. The molecule has 1 rings (SSSR count). The monoisotopic (exact) mass is 264 g/mol. The Balaban J connectivity index is 2.07. The fourth-order valence-electron chi connectivity index (χ4n) is 1.80. The molecule has 0 aliphatic heterocycles. The number of carboxylic acids is 1. The Morgan fingerprint density at radius 1 is 1.11 bits per heavy atom. The molecule has 4 heteroatoms. The molecule has 0 radical (unpaired) electrons. The van der Waals surface area contributed by atoms with Gasteiger partial charge in [0.25, 0.3) is 0 Å².